The second-order valence-corrected chi connectivity index (χ2v) is 5.90. The van der Waals surface area contributed by atoms with Crippen LogP contribution in [0, 0.1) is 0 Å². The Morgan fingerprint density at radius 3 is 2.54 bits per heavy atom. The molecule has 1 unspecified atom stereocenters. The van der Waals surface area contributed by atoms with Gasteiger partial charge in [-0.25, -0.2) is 4.79 Å². The summed E-state index contributed by atoms with van der Waals surface area (Å²) in [6.45, 7) is 0. The van der Waals surface area contributed by atoms with E-state index in [-0.39, 0.29) is 17.4 Å². The van der Waals surface area contributed by atoms with E-state index in [0.717, 1.165) is 24.8 Å². The summed E-state index contributed by atoms with van der Waals surface area (Å²) in [6.07, 6.45) is 7.55. The zero-order chi connectivity index (χ0) is 16.9. The zero-order valence-corrected chi connectivity index (χ0v) is 13.2. The number of carboxylic acids is 1. The number of allylic oxidation sites excluding steroid dienone is 2. The van der Waals surface area contributed by atoms with Crippen LogP contribution in [0.25, 0.3) is 0 Å². The molecule has 1 aliphatic carbocycles. The maximum absolute atomic E-state index is 12.4. The van der Waals surface area contributed by atoms with Gasteiger partial charge in [-0.1, -0.05) is 36.4 Å². The average molecular weight is 321 g/mol. The number of carboxylic acid groups (broad SMARTS) is 1. The van der Waals surface area contributed by atoms with Crippen LogP contribution in [0.4, 0.5) is 5.69 Å². The van der Waals surface area contributed by atoms with Gasteiger partial charge < -0.3 is 10.4 Å². The van der Waals surface area contributed by atoms with E-state index < -0.39 is 5.97 Å². The van der Waals surface area contributed by atoms with Crippen molar-refractivity contribution in [3.05, 3.63) is 77.4 Å². The van der Waals surface area contributed by atoms with E-state index in [1.807, 2.05) is 12.1 Å². The smallest absolute Gasteiger partial charge is 0.337 e. The summed E-state index contributed by atoms with van der Waals surface area (Å²) in [5, 5.41) is 12.1. The van der Waals surface area contributed by atoms with Gasteiger partial charge in [0, 0.05) is 11.5 Å². The molecule has 1 atom stereocenters. The van der Waals surface area contributed by atoms with Crippen molar-refractivity contribution in [1.82, 2.24) is 0 Å². The second kappa shape index (κ2) is 7.13. The summed E-state index contributed by atoms with van der Waals surface area (Å²) in [4.78, 5) is 23.8. The summed E-state index contributed by atoms with van der Waals surface area (Å²) >= 11 is 0. The fourth-order valence-corrected chi connectivity index (χ4v) is 2.96. The van der Waals surface area contributed by atoms with Gasteiger partial charge in [0.15, 0.2) is 0 Å². The number of nitrogens with one attached hydrogen (secondary N) is 1. The quantitative estimate of drug-likeness (QED) is 0.817. The van der Waals surface area contributed by atoms with Crippen LogP contribution in [0.15, 0.2) is 60.7 Å². The predicted octanol–water partition coefficient (Wildman–Crippen LogP) is 4.46. The van der Waals surface area contributed by atoms with Crippen LogP contribution in [0.5, 0.6) is 0 Å². The minimum atomic E-state index is -1.05. The van der Waals surface area contributed by atoms with E-state index in [4.69, 9.17) is 0 Å². The normalized spacial score (nSPS) is 16.6. The Morgan fingerprint density at radius 2 is 1.88 bits per heavy atom. The Balaban J connectivity index is 1.91. The molecule has 2 N–H and O–H groups in total. The van der Waals surface area contributed by atoms with Crippen molar-refractivity contribution in [1.29, 1.82) is 0 Å². The molecule has 0 radical (unpaired) electrons. The van der Waals surface area contributed by atoms with Gasteiger partial charge in [-0.3, -0.25) is 4.79 Å². The third-order valence-corrected chi connectivity index (χ3v) is 4.24. The van der Waals surface area contributed by atoms with E-state index in [2.05, 4.69) is 17.5 Å². The molecule has 0 saturated heterocycles. The fourth-order valence-electron chi connectivity index (χ4n) is 2.96. The highest BCUT2D eigenvalue weighted by Gasteiger charge is 2.17. The number of hydrogen-bond donors (Lipinski definition) is 2. The van der Waals surface area contributed by atoms with Crippen molar-refractivity contribution in [3.63, 3.8) is 0 Å². The minimum absolute atomic E-state index is 0.0998. The van der Waals surface area contributed by atoms with Crippen LogP contribution in [0.2, 0.25) is 0 Å². The first-order chi connectivity index (χ1) is 11.6. The first-order valence-electron chi connectivity index (χ1n) is 8.05. The lowest BCUT2D eigenvalue weighted by Crippen LogP contribution is -2.15. The lowest BCUT2D eigenvalue weighted by molar-refractivity contribution is 0.0698. The summed E-state index contributed by atoms with van der Waals surface area (Å²) in [5.41, 5.74) is 1.96. The number of rotatable bonds is 4. The van der Waals surface area contributed by atoms with Crippen molar-refractivity contribution in [2.75, 3.05) is 5.32 Å². The Bertz CT molecular complexity index is 781. The first-order valence-corrected chi connectivity index (χ1v) is 8.05. The van der Waals surface area contributed by atoms with Gasteiger partial charge in [0.2, 0.25) is 0 Å². The number of amides is 1. The van der Waals surface area contributed by atoms with E-state index in [1.54, 1.807) is 36.4 Å². The van der Waals surface area contributed by atoms with E-state index in [9.17, 15) is 14.7 Å². The largest absolute Gasteiger partial charge is 0.478 e. The highest BCUT2D eigenvalue weighted by Crippen LogP contribution is 2.30. The molecule has 0 heterocycles. The number of carbonyl (C=O) groups is 2. The van der Waals surface area contributed by atoms with E-state index in [1.165, 1.54) is 0 Å². The molecule has 0 saturated carbocycles. The lowest BCUT2D eigenvalue weighted by Gasteiger charge is -2.18. The molecule has 24 heavy (non-hydrogen) atoms. The van der Waals surface area contributed by atoms with E-state index >= 15 is 0 Å². The molecule has 0 spiro atoms. The molecule has 3 rings (SSSR count). The van der Waals surface area contributed by atoms with Crippen LogP contribution in [-0.4, -0.2) is 17.0 Å². The first kappa shape index (κ1) is 16.0. The van der Waals surface area contributed by atoms with Crippen molar-refractivity contribution in [2.45, 2.75) is 25.2 Å². The van der Waals surface area contributed by atoms with Crippen LogP contribution >= 0.6 is 0 Å². The Labute approximate surface area is 140 Å². The molecule has 0 aromatic heterocycles. The van der Waals surface area contributed by atoms with Gasteiger partial charge in [0.05, 0.1) is 11.3 Å². The van der Waals surface area contributed by atoms with Crippen molar-refractivity contribution in [3.8, 4) is 0 Å². The number of aromatic carboxylic acids is 1. The molecular formula is C20H19NO3. The topological polar surface area (TPSA) is 66.4 Å². The predicted molar refractivity (Wildman–Crippen MR) is 93.5 cm³/mol. The average Bonchev–Trinajstić information content (AvgIpc) is 2.63. The van der Waals surface area contributed by atoms with Gasteiger partial charge in [0.1, 0.15) is 0 Å². The molecular weight excluding hydrogens is 302 g/mol. The third-order valence-electron chi connectivity index (χ3n) is 4.24. The maximum Gasteiger partial charge on any atom is 0.337 e. The SMILES string of the molecule is O=C(Nc1cc(C2C=CCCC2)ccc1C(=O)O)c1ccccc1. The molecule has 1 aliphatic rings. The monoisotopic (exact) mass is 321 g/mol. The summed E-state index contributed by atoms with van der Waals surface area (Å²) < 4.78 is 0. The summed E-state index contributed by atoms with van der Waals surface area (Å²) in [5.74, 6) is -1.09. The van der Waals surface area contributed by atoms with Crippen molar-refractivity contribution >= 4 is 17.6 Å². The number of benzene rings is 2. The summed E-state index contributed by atoms with van der Waals surface area (Å²) in [7, 11) is 0. The van der Waals surface area contributed by atoms with Gasteiger partial charge in [-0.05, 0) is 49.1 Å². The van der Waals surface area contributed by atoms with E-state index in [0.29, 0.717) is 11.3 Å². The lowest BCUT2D eigenvalue weighted by atomic mass is 9.88. The molecule has 0 fully saturated rings. The number of carbonyl (C=O) groups excluding carboxylic acids is 1. The molecule has 4 nitrogen and oxygen atoms in total. The van der Waals surface area contributed by atoms with Crippen LogP contribution in [0.3, 0.4) is 0 Å². The van der Waals surface area contributed by atoms with Gasteiger partial charge in [-0.2, -0.15) is 0 Å². The van der Waals surface area contributed by atoms with Gasteiger partial charge in [0.25, 0.3) is 5.91 Å². The maximum atomic E-state index is 12.4. The molecule has 122 valence electrons. The Morgan fingerprint density at radius 1 is 1.08 bits per heavy atom. The zero-order valence-electron chi connectivity index (χ0n) is 13.2. The van der Waals surface area contributed by atoms with Gasteiger partial charge in [-0.15, -0.1) is 0 Å². The van der Waals surface area contributed by atoms with Crippen molar-refractivity contribution in [2.24, 2.45) is 0 Å². The fraction of sp³-hybridized carbons (Fsp3) is 0.200. The second-order valence-electron chi connectivity index (χ2n) is 5.90. The minimum Gasteiger partial charge on any atom is -0.478 e. The molecule has 4 heteroatoms. The number of anilines is 1. The molecule has 2 aromatic carbocycles. The van der Waals surface area contributed by atoms with Gasteiger partial charge >= 0.3 is 5.97 Å². The number of hydrogen-bond acceptors (Lipinski definition) is 2. The molecule has 0 aliphatic heterocycles. The summed E-state index contributed by atoms with van der Waals surface area (Å²) in [6, 6.07) is 14.0. The molecule has 2 aromatic rings. The van der Waals surface area contributed by atoms with Crippen molar-refractivity contribution < 1.29 is 14.7 Å². The molecule has 0 bridgehead atoms. The van der Waals surface area contributed by atoms with Crippen LogP contribution in [-0.2, 0) is 0 Å². The highest BCUT2D eigenvalue weighted by molar-refractivity contribution is 6.07. The van der Waals surface area contributed by atoms with Crippen LogP contribution < -0.4 is 5.32 Å². The standard InChI is InChI=1S/C20H19NO3/c22-19(15-9-5-2-6-10-15)21-18-13-16(11-12-17(18)20(23)24)14-7-3-1-4-8-14/h2-3,5-7,9-14H,1,4,8H2,(H,21,22)(H,23,24). The van der Waals surface area contributed by atoms with Crippen LogP contribution in [0.1, 0.15) is 51.5 Å². The highest BCUT2D eigenvalue weighted by atomic mass is 16.4. The molecule has 1 amide bonds. The Kier molecular flexibility index (Phi) is 4.75. The third kappa shape index (κ3) is 3.54. The Hall–Kier alpha value is -2.88.